The summed E-state index contributed by atoms with van der Waals surface area (Å²) >= 11 is 0. The molecule has 0 saturated heterocycles. The molecule has 0 aliphatic rings. The SMILES string of the molecule is Cc1nc(C)n(-c2cccnn2)n1. The lowest BCUT2D eigenvalue weighted by Gasteiger charge is -1.98. The van der Waals surface area contributed by atoms with Crippen LogP contribution in [0.1, 0.15) is 11.6 Å². The number of nitrogens with zero attached hydrogens (tertiary/aromatic N) is 5. The van der Waals surface area contributed by atoms with Crippen LogP contribution in [0, 0.1) is 13.8 Å². The standard InChI is InChI=1S/C8H9N5/c1-6-10-7(2)13(12-6)8-4-3-5-9-11-8/h3-5H,1-2H3. The summed E-state index contributed by atoms with van der Waals surface area (Å²) in [6.45, 7) is 3.73. The molecule has 13 heavy (non-hydrogen) atoms. The van der Waals surface area contributed by atoms with E-state index in [0.717, 1.165) is 11.6 Å². The normalized spacial score (nSPS) is 10.3. The van der Waals surface area contributed by atoms with Gasteiger partial charge in [-0.3, -0.25) is 0 Å². The maximum absolute atomic E-state index is 4.18. The predicted molar refractivity (Wildman–Crippen MR) is 46.4 cm³/mol. The van der Waals surface area contributed by atoms with E-state index in [4.69, 9.17) is 0 Å². The number of hydrogen-bond acceptors (Lipinski definition) is 4. The van der Waals surface area contributed by atoms with Crippen molar-refractivity contribution in [3.05, 3.63) is 30.0 Å². The molecule has 0 radical (unpaired) electrons. The van der Waals surface area contributed by atoms with Crippen molar-refractivity contribution in [2.24, 2.45) is 0 Å². The Hall–Kier alpha value is -1.78. The second kappa shape index (κ2) is 2.93. The molecule has 0 saturated carbocycles. The maximum Gasteiger partial charge on any atom is 0.177 e. The monoisotopic (exact) mass is 175 g/mol. The zero-order valence-electron chi connectivity index (χ0n) is 7.47. The summed E-state index contributed by atoms with van der Waals surface area (Å²) in [5, 5.41) is 11.9. The van der Waals surface area contributed by atoms with Crippen molar-refractivity contribution in [1.29, 1.82) is 0 Å². The molecule has 66 valence electrons. The Bertz CT molecular complexity index is 406. The molecule has 5 heteroatoms. The fourth-order valence-electron chi connectivity index (χ4n) is 1.14. The minimum absolute atomic E-state index is 0.695. The van der Waals surface area contributed by atoms with Gasteiger partial charge in [-0.05, 0) is 26.0 Å². The van der Waals surface area contributed by atoms with Gasteiger partial charge in [-0.25, -0.2) is 4.98 Å². The summed E-state index contributed by atoms with van der Waals surface area (Å²) in [6, 6.07) is 3.66. The Kier molecular flexibility index (Phi) is 1.77. The lowest BCUT2D eigenvalue weighted by atomic mass is 10.5. The minimum atomic E-state index is 0.695. The Morgan fingerprint density at radius 1 is 1.31 bits per heavy atom. The summed E-state index contributed by atoms with van der Waals surface area (Å²) in [6.07, 6.45) is 1.63. The molecule has 0 N–H and O–H groups in total. The van der Waals surface area contributed by atoms with Crippen molar-refractivity contribution >= 4 is 0 Å². The second-order valence-corrected chi connectivity index (χ2v) is 2.70. The van der Waals surface area contributed by atoms with E-state index in [0.29, 0.717) is 5.82 Å². The Balaban J connectivity index is 2.53. The number of hydrogen-bond donors (Lipinski definition) is 0. The topological polar surface area (TPSA) is 56.5 Å². The largest absolute Gasteiger partial charge is 0.217 e. The van der Waals surface area contributed by atoms with Crippen LogP contribution < -0.4 is 0 Å². The third-order valence-electron chi connectivity index (χ3n) is 1.65. The molecular formula is C8H9N5. The van der Waals surface area contributed by atoms with Crippen LogP contribution in [0.5, 0.6) is 0 Å². The van der Waals surface area contributed by atoms with E-state index in [1.54, 1.807) is 10.9 Å². The van der Waals surface area contributed by atoms with Gasteiger partial charge in [-0.15, -0.1) is 10.2 Å². The van der Waals surface area contributed by atoms with E-state index in [2.05, 4.69) is 20.3 Å². The third kappa shape index (κ3) is 1.40. The first-order valence-electron chi connectivity index (χ1n) is 3.96. The van der Waals surface area contributed by atoms with E-state index in [1.165, 1.54) is 0 Å². The number of rotatable bonds is 1. The highest BCUT2D eigenvalue weighted by molar-refractivity contribution is 5.19. The molecular weight excluding hydrogens is 166 g/mol. The van der Waals surface area contributed by atoms with Crippen molar-refractivity contribution in [2.45, 2.75) is 13.8 Å². The number of aromatic nitrogens is 5. The minimum Gasteiger partial charge on any atom is -0.217 e. The average molecular weight is 175 g/mol. The van der Waals surface area contributed by atoms with Crippen LogP contribution in [0.3, 0.4) is 0 Å². The van der Waals surface area contributed by atoms with Crippen LogP contribution in [-0.4, -0.2) is 25.0 Å². The van der Waals surface area contributed by atoms with Gasteiger partial charge < -0.3 is 0 Å². The van der Waals surface area contributed by atoms with E-state index in [-0.39, 0.29) is 0 Å². The zero-order chi connectivity index (χ0) is 9.26. The quantitative estimate of drug-likeness (QED) is 0.639. The molecule has 0 unspecified atom stereocenters. The molecule has 0 aromatic carbocycles. The predicted octanol–water partition coefficient (Wildman–Crippen LogP) is 0.674. The first-order valence-corrected chi connectivity index (χ1v) is 3.96. The van der Waals surface area contributed by atoms with Gasteiger partial charge in [0, 0.05) is 6.20 Å². The fraction of sp³-hybridized carbons (Fsp3) is 0.250. The van der Waals surface area contributed by atoms with Crippen LogP contribution >= 0.6 is 0 Å². The van der Waals surface area contributed by atoms with Crippen molar-refractivity contribution in [3.8, 4) is 5.82 Å². The molecule has 2 aromatic heterocycles. The Morgan fingerprint density at radius 3 is 2.69 bits per heavy atom. The molecule has 0 aliphatic carbocycles. The highest BCUT2D eigenvalue weighted by Gasteiger charge is 2.04. The summed E-state index contributed by atoms with van der Waals surface area (Å²) in [5.74, 6) is 2.25. The molecule has 0 fully saturated rings. The Labute approximate surface area is 75.5 Å². The Morgan fingerprint density at radius 2 is 2.15 bits per heavy atom. The summed E-state index contributed by atoms with van der Waals surface area (Å²) in [7, 11) is 0. The van der Waals surface area contributed by atoms with Crippen LogP contribution in [0.25, 0.3) is 5.82 Å². The van der Waals surface area contributed by atoms with Crippen LogP contribution in [0.4, 0.5) is 0 Å². The zero-order valence-corrected chi connectivity index (χ0v) is 7.47. The molecule has 0 spiro atoms. The van der Waals surface area contributed by atoms with Gasteiger partial charge in [-0.1, -0.05) is 0 Å². The van der Waals surface area contributed by atoms with Gasteiger partial charge in [0.1, 0.15) is 11.6 Å². The summed E-state index contributed by atoms with van der Waals surface area (Å²) < 4.78 is 1.67. The van der Waals surface area contributed by atoms with Gasteiger partial charge in [0.25, 0.3) is 0 Å². The highest BCUT2D eigenvalue weighted by Crippen LogP contribution is 2.03. The van der Waals surface area contributed by atoms with Crippen LogP contribution in [-0.2, 0) is 0 Å². The summed E-state index contributed by atoms with van der Waals surface area (Å²) in [4.78, 5) is 4.17. The summed E-state index contributed by atoms with van der Waals surface area (Å²) in [5.41, 5.74) is 0. The van der Waals surface area contributed by atoms with E-state index in [9.17, 15) is 0 Å². The lowest BCUT2D eigenvalue weighted by molar-refractivity contribution is 0.779. The molecule has 5 nitrogen and oxygen atoms in total. The number of aryl methyl sites for hydroxylation is 2. The average Bonchev–Trinajstić information content (AvgIpc) is 2.47. The van der Waals surface area contributed by atoms with E-state index < -0.39 is 0 Å². The van der Waals surface area contributed by atoms with Crippen molar-refractivity contribution < 1.29 is 0 Å². The van der Waals surface area contributed by atoms with Crippen molar-refractivity contribution in [3.63, 3.8) is 0 Å². The molecule has 0 bridgehead atoms. The third-order valence-corrected chi connectivity index (χ3v) is 1.65. The van der Waals surface area contributed by atoms with Gasteiger partial charge >= 0.3 is 0 Å². The highest BCUT2D eigenvalue weighted by atomic mass is 15.4. The van der Waals surface area contributed by atoms with Crippen molar-refractivity contribution in [2.75, 3.05) is 0 Å². The van der Waals surface area contributed by atoms with Gasteiger partial charge in [-0.2, -0.15) is 9.78 Å². The molecule has 0 atom stereocenters. The molecule has 0 amide bonds. The van der Waals surface area contributed by atoms with Crippen LogP contribution in [0.2, 0.25) is 0 Å². The lowest BCUT2D eigenvalue weighted by Crippen LogP contribution is -2.02. The maximum atomic E-state index is 4.18. The molecule has 2 heterocycles. The first kappa shape index (κ1) is 7.85. The molecule has 2 rings (SSSR count). The molecule has 2 aromatic rings. The van der Waals surface area contributed by atoms with Crippen molar-refractivity contribution in [1.82, 2.24) is 25.0 Å². The van der Waals surface area contributed by atoms with E-state index >= 15 is 0 Å². The second-order valence-electron chi connectivity index (χ2n) is 2.70. The van der Waals surface area contributed by atoms with Crippen LogP contribution in [0.15, 0.2) is 18.3 Å². The van der Waals surface area contributed by atoms with E-state index in [1.807, 2.05) is 26.0 Å². The van der Waals surface area contributed by atoms with Gasteiger partial charge in [0.05, 0.1) is 0 Å². The first-order chi connectivity index (χ1) is 6.27. The fourth-order valence-corrected chi connectivity index (χ4v) is 1.14. The molecule has 0 aliphatic heterocycles. The van der Waals surface area contributed by atoms with Gasteiger partial charge in [0.2, 0.25) is 0 Å². The van der Waals surface area contributed by atoms with Gasteiger partial charge in [0.15, 0.2) is 5.82 Å². The smallest absolute Gasteiger partial charge is 0.177 e.